The lowest BCUT2D eigenvalue weighted by molar-refractivity contribution is 0.312. The summed E-state index contributed by atoms with van der Waals surface area (Å²) in [5.41, 5.74) is 5.94. The zero-order valence-corrected chi connectivity index (χ0v) is 14.6. The van der Waals surface area contributed by atoms with E-state index in [1.165, 1.54) is 22.2 Å². The van der Waals surface area contributed by atoms with Crippen LogP contribution >= 0.6 is 11.6 Å². The van der Waals surface area contributed by atoms with Crippen molar-refractivity contribution in [2.75, 3.05) is 13.6 Å². The highest BCUT2D eigenvalue weighted by Crippen LogP contribution is 2.33. The van der Waals surface area contributed by atoms with Crippen LogP contribution in [0.15, 0.2) is 36.8 Å². The molecule has 1 aromatic carbocycles. The number of allylic oxidation sites excluding steroid dienone is 1. The van der Waals surface area contributed by atoms with Crippen molar-refractivity contribution in [2.24, 2.45) is 0 Å². The Morgan fingerprint density at radius 2 is 2.17 bits per heavy atom. The summed E-state index contributed by atoms with van der Waals surface area (Å²) in [6.07, 6.45) is 8.42. The van der Waals surface area contributed by atoms with Crippen LogP contribution in [-0.2, 0) is 13.0 Å². The quantitative estimate of drug-likeness (QED) is 0.705. The van der Waals surface area contributed by atoms with Crippen LogP contribution in [0, 0.1) is 0 Å². The van der Waals surface area contributed by atoms with Gasteiger partial charge in [0, 0.05) is 54.2 Å². The van der Waals surface area contributed by atoms with Gasteiger partial charge in [-0.2, -0.15) is 0 Å². The summed E-state index contributed by atoms with van der Waals surface area (Å²) >= 11 is 6.25. The van der Waals surface area contributed by atoms with Gasteiger partial charge in [0.05, 0.1) is 17.4 Å². The van der Waals surface area contributed by atoms with Crippen LogP contribution in [0.5, 0.6) is 0 Å². The molecule has 1 aliphatic heterocycles. The Morgan fingerprint density at radius 3 is 2.96 bits per heavy atom. The number of rotatable bonds is 2. The first kappa shape index (κ1) is 15.4. The van der Waals surface area contributed by atoms with E-state index in [4.69, 9.17) is 11.6 Å². The fourth-order valence-electron chi connectivity index (χ4n) is 3.41. The first-order chi connectivity index (χ1) is 11.6. The second-order valence-electron chi connectivity index (χ2n) is 6.35. The van der Waals surface area contributed by atoms with Gasteiger partial charge in [-0.25, -0.2) is 0 Å². The maximum Gasteiger partial charge on any atom is 0.0856 e. The molecular weight excluding hydrogens is 320 g/mol. The molecule has 0 saturated carbocycles. The fourth-order valence-corrected chi connectivity index (χ4v) is 3.58. The van der Waals surface area contributed by atoms with E-state index < -0.39 is 0 Å². The zero-order chi connectivity index (χ0) is 16.7. The number of aromatic nitrogens is 3. The van der Waals surface area contributed by atoms with Crippen LogP contribution in [0.2, 0.25) is 5.02 Å². The molecule has 4 rings (SSSR count). The summed E-state index contributed by atoms with van der Waals surface area (Å²) < 4.78 is 2.30. The number of likely N-dealkylation sites (N-methyl/N-ethyl adjacent to an activating group) is 1. The van der Waals surface area contributed by atoms with Crippen molar-refractivity contribution in [3.8, 4) is 0 Å². The van der Waals surface area contributed by atoms with E-state index in [1.807, 2.05) is 6.07 Å². The van der Waals surface area contributed by atoms with Crippen LogP contribution in [-0.4, -0.2) is 33.0 Å². The van der Waals surface area contributed by atoms with E-state index in [-0.39, 0.29) is 0 Å². The minimum absolute atomic E-state index is 0.783. The molecule has 5 heteroatoms. The highest BCUT2D eigenvalue weighted by molar-refractivity contribution is 6.31. The van der Waals surface area contributed by atoms with Gasteiger partial charge in [-0.1, -0.05) is 11.6 Å². The number of hydrogen-bond donors (Lipinski definition) is 0. The van der Waals surface area contributed by atoms with Gasteiger partial charge in [0.2, 0.25) is 0 Å². The van der Waals surface area contributed by atoms with Gasteiger partial charge >= 0.3 is 0 Å². The molecule has 0 aliphatic carbocycles. The Balaban J connectivity index is 1.92. The summed E-state index contributed by atoms with van der Waals surface area (Å²) in [7, 11) is 2.16. The molecule has 1 aliphatic rings. The molecule has 2 aromatic heterocycles. The summed E-state index contributed by atoms with van der Waals surface area (Å²) in [6.45, 7) is 4.10. The third kappa shape index (κ3) is 2.62. The summed E-state index contributed by atoms with van der Waals surface area (Å²) in [5, 5.41) is 2.03. The molecule has 0 atom stereocenters. The van der Waals surface area contributed by atoms with Crippen molar-refractivity contribution in [3.05, 3.63) is 58.8 Å². The topological polar surface area (TPSA) is 34.0 Å². The molecule has 0 amide bonds. The first-order valence-electron chi connectivity index (χ1n) is 8.08. The lowest BCUT2D eigenvalue weighted by atomic mass is 10.1. The average Bonchev–Trinajstić information content (AvgIpc) is 2.88. The van der Waals surface area contributed by atoms with Crippen LogP contribution in [0.1, 0.15) is 23.9 Å². The Bertz CT molecular complexity index is 927. The highest BCUT2D eigenvalue weighted by Gasteiger charge is 2.22. The molecule has 24 heavy (non-hydrogen) atoms. The van der Waals surface area contributed by atoms with Gasteiger partial charge in [-0.05, 0) is 43.3 Å². The second kappa shape index (κ2) is 6.04. The first-order valence-corrected chi connectivity index (χ1v) is 8.46. The minimum atomic E-state index is 0.783. The lowest BCUT2D eigenvalue weighted by Gasteiger charge is -2.23. The fraction of sp³-hybridized carbons (Fsp3) is 0.263. The number of halogens is 1. The predicted molar refractivity (Wildman–Crippen MR) is 98.9 cm³/mol. The van der Waals surface area contributed by atoms with Gasteiger partial charge in [0.1, 0.15) is 0 Å². The smallest absolute Gasteiger partial charge is 0.0856 e. The summed E-state index contributed by atoms with van der Waals surface area (Å²) in [6, 6.07) is 6.15. The van der Waals surface area contributed by atoms with Crippen molar-refractivity contribution in [1.82, 2.24) is 19.4 Å². The largest absolute Gasteiger partial charge is 0.320 e. The van der Waals surface area contributed by atoms with Crippen molar-refractivity contribution in [3.63, 3.8) is 0 Å². The van der Waals surface area contributed by atoms with E-state index in [9.17, 15) is 0 Å². The Kier molecular flexibility index (Phi) is 3.87. The van der Waals surface area contributed by atoms with Crippen LogP contribution < -0.4 is 0 Å². The van der Waals surface area contributed by atoms with Crippen molar-refractivity contribution in [2.45, 2.75) is 19.9 Å². The van der Waals surface area contributed by atoms with E-state index in [2.05, 4.69) is 51.7 Å². The van der Waals surface area contributed by atoms with E-state index in [1.54, 1.807) is 18.6 Å². The molecule has 0 saturated heterocycles. The molecular formula is C19H19ClN4. The zero-order valence-electron chi connectivity index (χ0n) is 13.8. The lowest BCUT2D eigenvalue weighted by Crippen LogP contribution is -2.26. The number of nitrogens with zero attached hydrogens (tertiary/aromatic N) is 4. The van der Waals surface area contributed by atoms with Gasteiger partial charge in [-0.15, -0.1) is 0 Å². The van der Waals surface area contributed by atoms with Gasteiger partial charge < -0.3 is 9.47 Å². The Morgan fingerprint density at radius 1 is 1.29 bits per heavy atom. The molecule has 0 radical (unpaired) electrons. The Labute approximate surface area is 146 Å². The van der Waals surface area contributed by atoms with Crippen molar-refractivity contribution in [1.29, 1.82) is 0 Å². The predicted octanol–water partition coefficient (Wildman–Crippen LogP) is 4.09. The minimum Gasteiger partial charge on any atom is -0.320 e. The van der Waals surface area contributed by atoms with Crippen LogP contribution in [0.25, 0.3) is 22.7 Å². The standard InChI is InChI=1S/C19H19ClN4/c1-13(17-10-21-6-7-22-17)11-24-18-4-3-14(20)9-15(18)16-12-23(2)8-5-19(16)24/h3-4,6-7,9-11H,5,8,12H2,1-2H3/b13-11+. The average molecular weight is 339 g/mol. The molecule has 0 spiro atoms. The molecule has 0 N–H and O–H groups in total. The second-order valence-corrected chi connectivity index (χ2v) is 6.78. The SMILES string of the molecule is C/C(=C\n1c2c(c3cc(Cl)ccc31)CN(C)CC2)c1cnccn1. The molecule has 3 aromatic rings. The van der Waals surface area contributed by atoms with Crippen molar-refractivity contribution < 1.29 is 0 Å². The molecule has 0 bridgehead atoms. The number of fused-ring (bicyclic) bond motifs is 3. The molecule has 0 fully saturated rings. The number of hydrogen-bond acceptors (Lipinski definition) is 3. The third-order valence-electron chi connectivity index (χ3n) is 4.63. The maximum absolute atomic E-state index is 6.25. The maximum atomic E-state index is 6.25. The molecule has 0 unspecified atom stereocenters. The molecule has 4 nitrogen and oxygen atoms in total. The van der Waals surface area contributed by atoms with Crippen molar-refractivity contribution >= 4 is 34.3 Å². The van der Waals surface area contributed by atoms with Crippen LogP contribution in [0.3, 0.4) is 0 Å². The van der Waals surface area contributed by atoms with E-state index in [0.717, 1.165) is 35.8 Å². The monoisotopic (exact) mass is 338 g/mol. The Hall–Kier alpha value is -2.17. The van der Waals surface area contributed by atoms with Gasteiger partial charge in [0.25, 0.3) is 0 Å². The third-order valence-corrected chi connectivity index (χ3v) is 4.87. The van der Waals surface area contributed by atoms with E-state index in [0.29, 0.717) is 0 Å². The number of benzene rings is 1. The van der Waals surface area contributed by atoms with Crippen LogP contribution in [0.4, 0.5) is 0 Å². The molecule has 3 heterocycles. The normalized spacial score (nSPS) is 15.7. The van der Waals surface area contributed by atoms with Gasteiger partial charge in [0.15, 0.2) is 0 Å². The summed E-state index contributed by atoms with van der Waals surface area (Å²) in [5.74, 6) is 0. The van der Waals surface area contributed by atoms with E-state index >= 15 is 0 Å². The van der Waals surface area contributed by atoms with Gasteiger partial charge in [-0.3, -0.25) is 9.97 Å². The highest BCUT2D eigenvalue weighted by atomic mass is 35.5. The summed E-state index contributed by atoms with van der Waals surface area (Å²) in [4.78, 5) is 10.9. The molecule has 122 valence electrons.